The fraction of sp³-hybridized carbons (Fsp3) is 1.00. The van der Waals surface area contributed by atoms with E-state index in [-0.39, 0.29) is 7.92 Å². The molecule has 0 saturated heterocycles. The Morgan fingerprint density at radius 2 is 1.00 bits per heavy atom. The van der Waals surface area contributed by atoms with Crippen LogP contribution >= 0.6 is 7.92 Å². The molecule has 5 heteroatoms. The van der Waals surface area contributed by atoms with E-state index in [2.05, 4.69) is 0 Å². The van der Waals surface area contributed by atoms with Crippen LogP contribution in [0.2, 0.25) is 0 Å². The topological polar surface area (TPSA) is 54.4 Å². The van der Waals surface area contributed by atoms with Gasteiger partial charge in [0.05, 0.1) is 5.25 Å². The predicted octanol–water partition coefficient (Wildman–Crippen LogP) is 5.33. The summed E-state index contributed by atoms with van der Waals surface area (Å²) in [5.74, 6) is 0. The average Bonchev–Trinajstić information content (AvgIpc) is 2.57. The Morgan fingerprint density at radius 1 is 0.609 bits per heavy atom. The molecule has 0 amide bonds. The molecule has 3 aliphatic rings. The Labute approximate surface area is 143 Å². The minimum absolute atomic E-state index is 0.0535. The maximum atomic E-state index is 11.4. The van der Waals surface area contributed by atoms with Crippen molar-refractivity contribution in [2.24, 2.45) is 0 Å². The molecule has 134 valence electrons. The van der Waals surface area contributed by atoms with E-state index >= 15 is 0 Å². The van der Waals surface area contributed by atoms with Crippen molar-refractivity contribution >= 4 is 18.0 Å². The van der Waals surface area contributed by atoms with Crippen molar-refractivity contribution in [1.82, 2.24) is 0 Å². The van der Waals surface area contributed by atoms with E-state index in [1.165, 1.54) is 64.2 Å². The van der Waals surface area contributed by atoms with Gasteiger partial charge in [-0.25, -0.2) is 0 Å². The summed E-state index contributed by atoms with van der Waals surface area (Å²) in [6.07, 6.45) is 17.7. The van der Waals surface area contributed by atoms with Crippen molar-refractivity contribution in [2.75, 3.05) is 0 Å². The van der Waals surface area contributed by atoms with Gasteiger partial charge in [0, 0.05) is 0 Å². The second-order valence-electron chi connectivity index (χ2n) is 7.98. The first-order valence-electron chi connectivity index (χ1n) is 9.79. The van der Waals surface area contributed by atoms with Gasteiger partial charge in [-0.3, -0.25) is 4.55 Å². The van der Waals surface area contributed by atoms with Crippen LogP contribution in [0.3, 0.4) is 0 Å². The van der Waals surface area contributed by atoms with Crippen LogP contribution in [-0.2, 0) is 10.1 Å². The van der Waals surface area contributed by atoms with Gasteiger partial charge in [-0.05, 0) is 68.3 Å². The Hall–Kier alpha value is 0.340. The molecule has 3 nitrogen and oxygen atoms in total. The second-order valence-corrected chi connectivity index (χ2v) is 12.8. The monoisotopic (exact) mass is 360 g/mol. The molecule has 23 heavy (non-hydrogen) atoms. The Bertz CT molecular complexity index is 441. The molecule has 0 heterocycles. The molecule has 0 unspecified atom stereocenters. The third kappa shape index (κ3) is 4.70. The summed E-state index contributed by atoms with van der Waals surface area (Å²) in [7, 11) is -3.76. The number of hydrogen-bond donors (Lipinski definition) is 1. The standard InChI is InChI=1S/C18H33O3PS/c19-23(20,21)18-13-11-17(12-14-18)22(15-7-3-1-4-8-15)16-9-5-2-6-10-16/h15-18H,1-14H2,(H,19,20,21). The molecular formula is C18H33O3PS. The third-order valence-electron chi connectivity index (χ3n) is 6.48. The maximum absolute atomic E-state index is 11.4. The predicted molar refractivity (Wildman–Crippen MR) is 98.3 cm³/mol. The summed E-state index contributed by atoms with van der Waals surface area (Å²) in [6.45, 7) is 0. The molecule has 0 aromatic rings. The lowest BCUT2D eigenvalue weighted by Crippen LogP contribution is -2.33. The first kappa shape index (κ1) is 18.1. The normalized spacial score (nSPS) is 32.3. The van der Waals surface area contributed by atoms with E-state index in [0.29, 0.717) is 12.8 Å². The van der Waals surface area contributed by atoms with Gasteiger partial charge in [-0.1, -0.05) is 46.4 Å². The fourth-order valence-corrected chi connectivity index (χ4v) is 10.8. The van der Waals surface area contributed by atoms with Crippen LogP contribution in [0, 0.1) is 0 Å². The van der Waals surface area contributed by atoms with Gasteiger partial charge in [0.2, 0.25) is 0 Å². The Morgan fingerprint density at radius 3 is 1.39 bits per heavy atom. The second kappa shape index (κ2) is 8.15. The van der Waals surface area contributed by atoms with Gasteiger partial charge in [0.1, 0.15) is 0 Å². The average molecular weight is 361 g/mol. The van der Waals surface area contributed by atoms with Crippen molar-refractivity contribution < 1.29 is 13.0 Å². The summed E-state index contributed by atoms with van der Waals surface area (Å²) < 4.78 is 32.2. The molecule has 3 rings (SSSR count). The Kier molecular flexibility index (Phi) is 6.42. The van der Waals surface area contributed by atoms with Crippen molar-refractivity contribution in [3.8, 4) is 0 Å². The smallest absolute Gasteiger partial charge is 0.267 e. The lowest BCUT2D eigenvalue weighted by atomic mass is 9.98. The number of rotatable bonds is 4. The van der Waals surface area contributed by atoms with Gasteiger partial charge in [0.25, 0.3) is 10.1 Å². The quantitative estimate of drug-likeness (QED) is 0.544. The van der Waals surface area contributed by atoms with E-state index in [9.17, 15) is 13.0 Å². The zero-order valence-electron chi connectivity index (χ0n) is 14.3. The molecule has 0 aliphatic heterocycles. The van der Waals surface area contributed by atoms with Gasteiger partial charge in [-0.15, -0.1) is 0 Å². The van der Waals surface area contributed by atoms with E-state index in [4.69, 9.17) is 0 Å². The molecule has 0 atom stereocenters. The SMILES string of the molecule is O=S(=O)(O)C1CCC(P(C2CCCCC2)C2CCCCC2)CC1. The fourth-order valence-electron chi connectivity index (χ4n) is 5.29. The summed E-state index contributed by atoms with van der Waals surface area (Å²) in [6, 6.07) is 0. The summed E-state index contributed by atoms with van der Waals surface area (Å²) >= 11 is 0. The van der Waals surface area contributed by atoms with Crippen LogP contribution in [0.25, 0.3) is 0 Å². The summed E-state index contributed by atoms with van der Waals surface area (Å²) in [4.78, 5) is 0. The van der Waals surface area contributed by atoms with E-state index in [1.54, 1.807) is 0 Å². The largest absolute Gasteiger partial charge is 0.285 e. The van der Waals surface area contributed by atoms with Crippen LogP contribution < -0.4 is 0 Å². The van der Waals surface area contributed by atoms with Gasteiger partial charge in [0.15, 0.2) is 0 Å². The first-order chi connectivity index (χ1) is 11.1. The van der Waals surface area contributed by atoms with E-state index in [0.717, 1.165) is 29.8 Å². The molecule has 0 aromatic carbocycles. The zero-order chi connectivity index (χ0) is 16.3. The lowest BCUT2D eigenvalue weighted by Gasteiger charge is -2.45. The molecule has 3 fully saturated rings. The van der Waals surface area contributed by atoms with Crippen molar-refractivity contribution in [3.63, 3.8) is 0 Å². The lowest BCUT2D eigenvalue weighted by molar-refractivity contribution is 0.421. The molecular weight excluding hydrogens is 327 g/mol. The molecule has 1 N–H and O–H groups in total. The summed E-state index contributed by atoms with van der Waals surface area (Å²) in [5, 5.41) is -0.478. The van der Waals surface area contributed by atoms with E-state index < -0.39 is 15.4 Å². The van der Waals surface area contributed by atoms with Crippen LogP contribution in [0.5, 0.6) is 0 Å². The van der Waals surface area contributed by atoms with Gasteiger partial charge >= 0.3 is 0 Å². The van der Waals surface area contributed by atoms with Crippen LogP contribution in [0.15, 0.2) is 0 Å². The highest BCUT2D eigenvalue weighted by Gasteiger charge is 2.39. The highest BCUT2D eigenvalue weighted by Crippen LogP contribution is 2.61. The molecule has 3 aliphatic carbocycles. The first-order valence-corrected chi connectivity index (χ1v) is 12.8. The molecule has 0 aromatic heterocycles. The Balaban J connectivity index is 1.68. The zero-order valence-corrected chi connectivity index (χ0v) is 16.0. The molecule has 3 saturated carbocycles. The summed E-state index contributed by atoms with van der Waals surface area (Å²) in [5.41, 5.74) is 2.68. The highest BCUT2D eigenvalue weighted by atomic mass is 32.2. The van der Waals surface area contributed by atoms with Gasteiger partial charge < -0.3 is 0 Å². The minimum atomic E-state index is -3.82. The molecule has 0 bridgehead atoms. The van der Waals surface area contributed by atoms with Crippen LogP contribution in [0.4, 0.5) is 0 Å². The minimum Gasteiger partial charge on any atom is -0.285 e. The number of hydrogen-bond acceptors (Lipinski definition) is 2. The van der Waals surface area contributed by atoms with Crippen molar-refractivity contribution in [1.29, 1.82) is 0 Å². The van der Waals surface area contributed by atoms with Crippen LogP contribution in [-0.4, -0.2) is 35.2 Å². The van der Waals surface area contributed by atoms with Crippen molar-refractivity contribution in [3.05, 3.63) is 0 Å². The van der Waals surface area contributed by atoms with Gasteiger partial charge in [-0.2, -0.15) is 8.42 Å². The maximum Gasteiger partial charge on any atom is 0.267 e. The van der Waals surface area contributed by atoms with E-state index in [1.807, 2.05) is 0 Å². The van der Waals surface area contributed by atoms with Crippen molar-refractivity contribution in [2.45, 2.75) is 112 Å². The molecule has 0 radical (unpaired) electrons. The van der Waals surface area contributed by atoms with Crippen LogP contribution in [0.1, 0.15) is 89.9 Å². The third-order valence-corrected chi connectivity index (χ3v) is 11.9. The highest BCUT2D eigenvalue weighted by molar-refractivity contribution is 7.86. The molecule has 0 spiro atoms.